The normalized spacial score (nSPS) is 29.1. The summed E-state index contributed by atoms with van der Waals surface area (Å²) in [5.74, 6) is 1.66. The summed E-state index contributed by atoms with van der Waals surface area (Å²) < 4.78 is 0. The minimum Gasteiger partial charge on any atom is -0.355 e. The van der Waals surface area contributed by atoms with Crippen LogP contribution in [0.15, 0.2) is 0 Å². The van der Waals surface area contributed by atoms with Gasteiger partial charge in [0, 0.05) is 19.0 Å². The van der Waals surface area contributed by atoms with Crippen molar-refractivity contribution in [2.75, 3.05) is 13.1 Å². The molecule has 2 N–H and O–H groups in total. The first-order chi connectivity index (χ1) is 9.29. The fraction of sp³-hybridized carbons (Fsp3) is 0.938. The van der Waals surface area contributed by atoms with Gasteiger partial charge in [-0.3, -0.25) is 4.79 Å². The van der Waals surface area contributed by atoms with E-state index >= 15 is 0 Å². The van der Waals surface area contributed by atoms with Gasteiger partial charge >= 0.3 is 0 Å². The summed E-state index contributed by atoms with van der Waals surface area (Å²) in [6.45, 7) is 4.19. The summed E-state index contributed by atoms with van der Waals surface area (Å²) in [4.78, 5) is 12.0. The van der Waals surface area contributed by atoms with Gasteiger partial charge in [-0.1, -0.05) is 32.6 Å². The van der Waals surface area contributed by atoms with Crippen LogP contribution in [0.1, 0.15) is 64.7 Å². The van der Waals surface area contributed by atoms with Gasteiger partial charge in [0.25, 0.3) is 0 Å². The van der Waals surface area contributed by atoms with E-state index in [1.165, 1.54) is 51.4 Å². The molecule has 0 aromatic rings. The van der Waals surface area contributed by atoms with Crippen LogP contribution in [-0.4, -0.2) is 25.0 Å². The van der Waals surface area contributed by atoms with Crippen molar-refractivity contribution in [2.45, 2.75) is 70.8 Å². The lowest BCUT2D eigenvalue weighted by Crippen LogP contribution is -2.48. The lowest BCUT2D eigenvalue weighted by molar-refractivity contribution is -0.122. The molecule has 2 atom stereocenters. The van der Waals surface area contributed by atoms with Gasteiger partial charge in [0.1, 0.15) is 0 Å². The van der Waals surface area contributed by atoms with Crippen molar-refractivity contribution < 1.29 is 4.79 Å². The number of piperidine rings is 1. The summed E-state index contributed by atoms with van der Waals surface area (Å²) in [6.07, 6.45) is 11.1. The quantitative estimate of drug-likeness (QED) is 0.803. The molecule has 0 spiro atoms. The molecule has 1 aliphatic carbocycles. The van der Waals surface area contributed by atoms with E-state index in [-0.39, 0.29) is 5.91 Å². The van der Waals surface area contributed by atoms with Crippen molar-refractivity contribution in [3.8, 4) is 0 Å². The summed E-state index contributed by atoms with van der Waals surface area (Å²) in [7, 11) is 0. The van der Waals surface area contributed by atoms with E-state index in [4.69, 9.17) is 0 Å². The van der Waals surface area contributed by atoms with Gasteiger partial charge in [0.2, 0.25) is 5.91 Å². The maximum absolute atomic E-state index is 12.0. The second kappa shape index (κ2) is 7.88. The van der Waals surface area contributed by atoms with E-state index in [9.17, 15) is 4.79 Å². The minimum absolute atomic E-state index is 0.272. The number of nitrogens with one attached hydrogen (secondary N) is 2. The zero-order valence-corrected chi connectivity index (χ0v) is 12.4. The zero-order valence-electron chi connectivity index (χ0n) is 12.4. The molecule has 3 nitrogen and oxygen atoms in total. The highest BCUT2D eigenvalue weighted by atomic mass is 16.1. The Balaban J connectivity index is 1.67. The first-order valence-corrected chi connectivity index (χ1v) is 8.29. The number of hydrogen-bond donors (Lipinski definition) is 2. The third kappa shape index (κ3) is 4.79. The van der Waals surface area contributed by atoms with Crippen LogP contribution in [0, 0.1) is 11.8 Å². The third-order valence-corrected chi connectivity index (χ3v) is 4.97. The van der Waals surface area contributed by atoms with E-state index in [1.807, 2.05) is 0 Å². The first kappa shape index (κ1) is 14.8. The average molecular weight is 266 g/mol. The Morgan fingerprint density at radius 3 is 2.68 bits per heavy atom. The maximum Gasteiger partial charge on any atom is 0.220 e. The first-order valence-electron chi connectivity index (χ1n) is 8.29. The summed E-state index contributed by atoms with van der Waals surface area (Å²) in [5.41, 5.74) is 0. The van der Waals surface area contributed by atoms with Crippen molar-refractivity contribution in [1.29, 1.82) is 0 Å². The Bertz CT molecular complexity index is 274. The van der Waals surface area contributed by atoms with E-state index in [2.05, 4.69) is 17.6 Å². The van der Waals surface area contributed by atoms with Crippen molar-refractivity contribution in [1.82, 2.24) is 10.6 Å². The molecule has 1 saturated heterocycles. The molecule has 0 aromatic carbocycles. The highest BCUT2D eigenvalue weighted by molar-refractivity contribution is 5.76. The van der Waals surface area contributed by atoms with Crippen LogP contribution in [0.25, 0.3) is 0 Å². The predicted molar refractivity (Wildman–Crippen MR) is 79.0 cm³/mol. The molecule has 1 aliphatic heterocycles. The molecule has 2 aliphatic rings. The molecule has 19 heavy (non-hydrogen) atoms. The van der Waals surface area contributed by atoms with Crippen molar-refractivity contribution in [2.24, 2.45) is 11.8 Å². The summed E-state index contributed by atoms with van der Waals surface area (Å²) in [5, 5.41) is 6.73. The van der Waals surface area contributed by atoms with Crippen LogP contribution < -0.4 is 10.6 Å². The van der Waals surface area contributed by atoms with Gasteiger partial charge in [-0.2, -0.15) is 0 Å². The number of rotatable bonds is 5. The molecule has 3 heteroatoms. The van der Waals surface area contributed by atoms with Crippen LogP contribution in [0.5, 0.6) is 0 Å². The molecule has 2 fully saturated rings. The van der Waals surface area contributed by atoms with E-state index in [0.29, 0.717) is 12.0 Å². The topological polar surface area (TPSA) is 41.1 Å². The second-order valence-electron chi connectivity index (χ2n) is 6.38. The minimum atomic E-state index is 0.272. The Hall–Kier alpha value is -0.570. The Morgan fingerprint density at radius 1 is 1.16 bits per heavy atom. The zero-order chi connectivity index (χ0) is 13.5. The molecule has 1 amide bonds. The van der Waals surface area contributed by atoms with Crippen LogP contribution in [0.4, 0.5) is 0 Å². The van der Waals surface area contributed by atoms with E-state index in [1.54, 1.807) is 0 Å². The Morgan fingerprint density at radius 2 is 1.95 bits per heavy atom. The molecule has 0 bridgehead atoms. The van der Waals surface area contributed by atoms with Gasteiger partial charge in [-0.15, -0.1) is 0 Å². The smallest absolute Gasteiger partial charge is 0.220 e. The molecule has 1 heterocycles. The van der Waals surface area contributed by atoms with Crippen molar-refractivity contribution >= 4 is 5.91 Å². The molecule has 2 rings (SSSR count). The van der Waals surface area contributed by atoms with Crippen LogP contribution >= 0.6 is 0 Å². The largest absolute Gasteiger partial charge is 0.355 e. The number of carbonyl (C=O) groups is 1. The van der Waals surface area contributed by atoms with E-state index in [0.717, 1.165) is 25.4 Å². The number of hydrogen-bond acceptors (Lipinski definition) is 2. The predicted octanol–water partition coefficient (Wildman–Crippen LogP) is 2.85. The van der Waals surface area contributed by atoms with Gasteiger partial charge < -0.3 is 10.6 Å². The van der Waals surface area contributed by atoms with Gasteiger partial charge in [0.05, 0.1) is 0 Å². The standard InChI is InChI=1S/C16H30N2O/c1-2-14-9-6-10-17-15(14)12-18-16(19)11-13-7-4-3-5-8-13/h13-15,17H,2-12H2,1H3,(H,18,19). The number of carbonyl (C=O) groups excluding carboxylic acids is 1. The number of amides is 1. The highest BCUT2D eigenvalue weighted by Gasteiger charge is 2.24. The van der Waals surface area contributed by atoms with Crippen LogP contribution in [-0.2, 0) is 4.79 Å². The molecule has 0 radical (unpaired) electrons. The summed E-state index contributed by atoms with van der Waals surface area (Å²) in [6, 6.07) is 0.494. The molecule has 1 saturated carbocycles. The van der Waals surface area contributed by atoms with Crippen LogP contribution in [0.3, 0.4) is 0 Å². The van der Waals surface area contributed by atoms with E-state index < -0.39 is 0 Å². The van der Waals surface area contributed by atoms with Crippen LogP contribution in [0.2, 0.25) is 0 Å². The Kier molecular flexibility index (Phi) is 6.15. The molecular weight excluding hydrogens is 236 g/mol. The van der Waals surface area contributed by atoms with Gasteiger partial charge in [-0.25, -0.2) is 0 Å². The monoisotopic (exact) mass is 266 g/mol. The average Bonchev–Trinajstić information content (AvgIpc) is 2.46. The molecule has 110 valence electrons. The lowest BCUT2D eigenvalue weighted by atomic mass is 9.86. The van der Waals surface area contributed by atoms with Crippen molar-refractivity contribution in [3.05, 3.63) is 0 Å². The Labute approximate surface area is 117 Å². The molecule has 0 aromatic heterocycles. The van der Waals surface area contributed by atoms with Gasteiger partial charge in [-0.05, 0) is 44.1 Å². The fourth-order valence-corrected chi connectivity index (χ4v) is 3.70. The SMILES string of the molecule is CCC1CCCNC1CNC(=O)CC1CCCCC1. The summed E-state index contributed by atoms with van der Waals surface area (Å²) >= 11 is 0. The van der Waals surface area contributed by atoms with Crippen molar-refractivity contribution in [3.63, 3.8) is 0 Å². The molecule has 2 unspecified atom stereocenters. The molecular formula is C16H30N2O. The fourth-order valence-electron chi connectivity index (χ4n) is 3.70. The maximum atomic E-state index is 12.0. The van der Waals surface area contributed by atoms with Gasteiger partial charge in [0.15, 0.2) is 0 Å². The third-order valence-electron chi connectivity index (χ3n) is 4.97. The lowest BCUT2D eigenvalue weighted by Gasteiger charge is -2.32. The second-order valence-corrected chi connectivity index (χ2v) is 6.38. The highest BCUT2D eigenvalue weighted by Crippen LogP contribution is 2.26.